The van der Waals surface area contributed by atoms with E-state index in [1.165, 1.54) is 24.7 Å². The van der Waals surface area contributed by atoms with Gasteiger partial charge in [0.1, 0.15) is 22.7 Å². The van der Waals surface area contributed by atoms with E-state index in [1.54, 1.807) is 135 Å². The number of esters is 2. The normalized spacial score (nSPS) is 10.8. The molecule has 0 bridgehead atoms. The van der Waals surface area contributed by atoms with Gasteiger partial charge in [-0.2, -0.15) is 0 Å². The number of para-hydroxylation sites is 2. The summed E-state index contributed by atoms with van der Waals surface area (Å²) in [6.45, 7) is 10.8. The molecule has 4 N–H and O–H groups in total. The number of anilines is 3. The standard InChI is InChI=1S/C30H28N2O4.C26H20N2O4.C23H21BrN2O3/c1-30(2,3)36-29(34)25-15-14-21(24-12-8-9-13-27(24)35-4)17-26(25)32-28(33)23-16-22(18-31-19-23)20-10-6-5-7-11-20;1-32-24-10-6-5-9-21(24)18-11-12-22(26(30)31)23(14-18)28-25(29)20-13-19(15-27-16-20)17-7-3-2-4-8-17;1-23(2,3)29-22(28)19-10-9-18(24)12-20(19)26-21(27)17-11-16(13-25-14-17)15-7-5-4-6-8-15/h5-19H,1-4H3,(H,32,33);2-16H,1H3,(H,28,29)(H,30,31);4-14H,1-3H3,(H,26,27). The number of carbonyl (C=O) groups is 6. The van der Waals surface area contributed by atoms with Gasteiger partial charge in [-0.25, -0.2) is 14.4 Å². The summed E-state index contributed by atoms with van der Waals surface area (Å²) >= 11 is 3.38. The van der Waals surface area contributed by atoms with Gasteiger partial charge >= 0.3 is 17.9 Å². The van der Waals surface area contributed by atoms with Crippen LogP contribution in [-0.4, -0.2) is 81.1 Å². The second-order valence-electron chi connectivity index (χ2n) is 23.8. The second kappa shape index (κ2) is 31.8. The number of hydrogen-bond acceptors (Lipinski definition) is 13. The van der Waals surface area contributed by atoms with Crippen LogP contribution in [0.3, 0.4) is 0 Å². The molecule has 97 heavy (non-hydrogen) atoms. The molecule has 3 amide bonds. The van der Waals surface area contributed by atoms with Gasteiger partial charge in [0.2, 0.25) is 0 Å². The number of amides is 3. The number of benzene rings is 8. The lowest BCUT2D eigenvalue weighted by Crippen LogP contribution is -2.25. The fourth-order valence-electron chi connectivity index (χ4n) is 9.87. The van der Waals surface area contributed by atoms with E-state index in [0.29, 0.717) is 39.6 Å². The number of ether oxygens (including phenoxy) is 4. The molecule has 11 aromatic rings. The molecule has 0 saturated carbocycles. The van der Waals surface area contributed by atoms with Crippen molar-refractivity contribution >= 4 is 68.6 Å². The summed E-state index contributed by atoms with van der Waals surface area (Å²) in [5.74, 6) is -2.04. The monoisotopic (exact) mass is 1360 g/mol. The van der Waals surface area contributed by atoms with E-state index in [0.717, 1.165) is 60.1 Å². The van der Waals surface area contributed by atoms with Crippen LogP contribution in [0.25, 0.3) is 55.6 Å². The number of aromatic nitrogens is 3. The molecule has 0 aliphatic rings. The summed E-state index contributed by atoms with van der Waals surface area (Å²) in [4.78, 5) is 89.0. The Labute approximate surface area is 570 Å². The van der Waals surface area contributed by atoms with Crippen LogP contribution in [0.5, 0.6) is 11.5 Å². The zero-order valence-electron chi connectivity index (χ0n) is 54.4. The molecule has 3 heterocycles. The van der Waals surface area contributed by atoms with Gasteiger partial charge in [-0.05, 0) is 142 Å². The highest BCUT2D eigenvalue weighted by Crippen LogP contribution is 2.36. The first-order valence-electron chi connectivity index (χ1n) is 30.5. The first-order valence-corrected chi connectivity index (χ1v) is 31.3. The molecule has 488 valence electrons. The fraction of sp³-hybridized carbons (Fsp3) is 0.127. The molecule has 0 saturated heterocycles. The number of halogens is 1. The van der Waals surface area contributed by atoms with Gasteiger partial charge in [-0.3, -0.25) is 29.3 Å². The first kappa shape index (κ1) is 69.5. The predicted molar refractivity (Wildman–Crippen MR) is 381 cm³/mol. The number of aromatic carboxylic acids is 1. The maximum Gasteiger partial charge on any atom is 0.340 e. The van der Waals surface area contributed by atoms with Crippen molar-refractivity contribution in [2.45, 2.75) is 52.7 Å². The average molecular weight is 1360 g/mol. The summed E-state index contributed by atoms with van der Waals surface area (Å²) in [5, 5.41) is 18.1. The quantitative estimate of drug-likeness (QED) is 0.0659. The molecule has 0 atom stereocenters. The van der Waals surface area contributed by atoms with Gasteiger partial charge in [0.05, 0.1) is 64.7 Å². The molecule has 3 aromatic heterocycles. The number of rotatable bonds is 16. The minimum atomic E-state index is -1.14. The molecule has 0 spiro atoms. The smallest absolute Gasteiger partial charge is 0.340 e. The van der Waals surface area contributed by atoms with Crippen molar-refractivity contribution in [3.8, 4) is 67.1 Å². The number of hydrogen-bond donors (Lipinski definition) is 4. The van der Waals surface area contributed by atoms with Crippen LogP contribution in [-0.2, 0) is 9.47 Å². The van der Waals surface area contributed by atoms with Crippen LogP contribution in [0.4, 0.5) is 17.1 Å². The molecule has 0 aliphatic heterocycles. The summed E-state index contributed by atoms with van der Waals surface area (Å²) in [7, 11) is 3.17. The molecule has 17 nitrogen and oxygen atoms in total. The number of methoxy groups -OCH3 is 2. The van der Waals surface area contributed by atoms with E-state index >= 15 is 0 Å². The van der Waals surface area contributed by atoms with Crippen LogP contribution >= 0.6 is 15.9 Å². The van der Waals surface area contributed by atoms with Crippen molar-refractivity contribution < 1.29 is 52.8 Å². The number of nitrogens with one attached hydrogen (secondary N) is 3. The number of nitrogens with zero attached hydrogens (tertiary/aromatic N) is 3. The Morgan fingerprint density at radius 1 is 0.361 bits per heavy atom. The van der Waals surface area contributed by atoms with Crippen LogP contribution < -0.4 is 25.4 Å². The SMILES string of the molecule is CC(C)(C)OC(=O)c1ccc(Br)cc1NC(=O)c1cncc(-c2ccccc2)c1.COc1ccccc1-c1ccc(C(=O)O)c(NC(=O)c2cncc(-c3ccccc3)c2)c1.COc1ccccc1-c1ccc(C(=O)OC(C)(C)C)c(NC(=O)c2cncc(-c3ccccc3)c2)c1. The lowest BCUT2D eigenvalue weighted by Gasteiger charge is -2.21. The van der Waals surface area contributed by atoms with Crippen molar-refractivity contribution in [3.63, 3.8) is 0 Å². The lowest BCUT2D eigenvalue weighted by atomic mass is 10.0. The minimum Gasteiger partial charge on any atom is -0.496 e. The zero-order chi connectivity index (χ0) is 69.2. The van der Waals surface area contributed by atoms with Crippen LogP contribution in [0, 0.1) is 0 Å². The Kier molecular flexibility index (Phi) is 22.8. The van der Waals surface area contributed by atoms with Crippen LogP contribution in [0.2, 0.25) is 0 Å². The Morgan fingerprint density at radius 3 is 1.03 bits per heavy atom. The van der Waals surface area contributed by atoms with Gasteiger partial charge in [-0.15, -0.1) is 0 Å². The fourth-order valence-corrected chi connectivity index (χ4v) is 10.2. The Hall–Kier alpha value is -11.9. The molecule has 0 fully saturated rings. The Bertz CT molecular complexity index is 4650. The summed E-state index contributed by atoms with van der Waals surface area (Å²) in [6.07, 6.45) is 9.53. The summed E-state index contributed by atoms with van der Waals surface area (Å²) in [5.41, 5.74) is 9.59. The van der Waals surface area contributed by atoms with E-state index in [-0.39, 0.29) is 34.2 Å². The molecule has 0 unspecified atom stereocenters. The van der Waals surface area contributed by atoms with Gasteiger partial charge in [-0.1, -0.05) is 155 Å². The topological polar surface area (TPSA) is 234 Å². The number of carbonyl (C=O) groups excluding carboxylic acids is 5. The van der Waals surface area contributed by atoms with Crippen molar-refractivity contribution in [2.24, 2.45) is 0 Å². The minimum absolute atomic E-state index is 0.0100. The molecule has 11 rings (SSSR count). The van der Waals surface area contributed by atoms with Gasteiger partial charge in [0, 0.05) is 69.5 Å². The lowest BCUT2D eigenvalue weighted by molar-refractivity contribution is 0.00580. The van der Waals surface area contributed by atoms with Crippen molar-refractivity contribution in [1.82, 2.24) is 15.0 Å². The number of pyridine rings is 3. The summed E-state index contributed by atoms with van der Waals surface area (Å²) < 4.78 is 22.7. The van der Waals surface area contributed by atoms with Crippen LogP contribution in [0.1, 0.15) is 104 Å². The average Bonchev–Trinajstić information content (AvgIpc) is 0.855. The number of carboxylic acids is 1. The molecule has 0 aliphatic carbocycles. The van der Waals surface area contributed by atoms with Gasteiger partial charge in [0.25, 0.3) is 17.7 Å². The van der Waals surface area contributed by atoms with E-state index in [2.05, 4.69) is 46.8 Å². The maximum absolute atomic E-state index is 13.3. The third-order valence-electron chi connectivity index (χ3n) is 14.4. The Balaban J connectivity index is 0.000000172. The largest absolute Gasteiger partial charge is 0.496 e. The predicted octanol–water partition coefficient (Wildman–Crippen LogP) is 17.7. The van der Waals surface area contributed by atoms with E-state index in [1.807, 2.05) is 146 Å². The maximum atomic E-state index is 13.3. The van der Waals surface area contributed by atoms with E-state index in [9.17, 15) is 33.9 Å². The number of carboxylic acid groups (broad SMARTS) is 1. The highest BCUT2D eigenvalue weighted by atomic mass is 79.9. The second-order valence-corrected chi connectivity index (χ2v) is 24.7. The van der Waals surface area contributed by atoms with Crippen molar-refractivity contribution in [2.75, 3.05) is 30.2 Å². The van der Waals surface area contributed by atoms with Gasteiger partial charge < -0.3 is 40.0 Å². The van der Waals surface area contributed by atoms with E-state index in [4.69, 9.17) is 18.9 Å². The molecule has 18 heteroatoms. The third-order valence-corrected chi connectivity index (χ3v) is 14.9. The molecule has 8 aromatic carbocycles. The first-order chi connectivity index (χ1) is 46.5. The third kappa shape index (κ3) is 18.9. The zero-order valence-corrected chi connectivity index (χ0v) is 56.0. The highest BCUT2D eigenvalue weighted by Gasteiger charge is 2.25. The molecule has 0 radical (unpaired) electrons. The summed E-state index contributed by atoms with van der Waals surface area (Å²) in [6, 6.07) is 64.2. The Morgan fingerprint density at radius 2 is 0.680 bits per heavy atom. The highest BCUT2D eigenvalue weighted by molar-refractivity contribution is 9.10. The van der Waals surface area contributed by atoms with E-state index < -0.39 is 35.0 Å². The molecular weight excluding hydrogens is 1290 g/mol. The van der Waals surface area contributed by atoms with Crippen LogP contribution in [0.15, 0.2) is 254 Å². The van der Waals surface area contributed by atoms with Crippen molar-refractivity contribution in [1.29, 1.82) is 0 Å². The molecular formula is C79H69BrN6O11. The van der Waals surface area contributed by atoms with Crippen molar-refractivity contribution in [3.05, 3.63) is 287 Å². The van der Waals surface area contributed by atoms with Gasteiger partial charge in [0.15, 0.2) is 0 Å².